The zero-order valence-corrected chi connectivity index (χ0v) is 23.7. The highest BCUT2D eigenvalue weighted by atomic mass is 16.7. The molecule has 0 radical (unpaired) electrons. The van der Waals surface area contributed by atoms with Gasteiger partial charge in [-0.25, -0.2) is 4.79 Å². The first-order valence-electron chi connectivity index (χ1n) is 14.5. The van der Waals surface area contributed by atoms with E-state index in [4.69, 9.17) is 4.84 Å². The van der Waals surface area contributed by atoms with Crippen molar-refractivity contribution >= 4 is 34.1 Å². The molecule has 5 aromatic rings. The highest BCUT2D eigenvalue weighted by molar-refractivity contribution is 7.19. The molecule has 5 heteroatoms. The normalized spacial score (nSPS) is 13.0. The molecule has 6 rings (SSSR count). The van der Waals surface area contributed by atoms with Crippen LogP contribution in [-0.2, 0) is 0 Å². The molecule has 0 spiro atoms. The van der Waals surface area contributed by atoms with Crippen LogP contribution in [0.1, 0.15) is 25.0 Å². The molecule has 2 heterocycles. The highest BCUT2D eigenvalue weighted by Crippen LogP contribution is 2.10. The fraction of sp³-hybridized carbons (Fsp3) is 0.167. The van der Waals surface area contributed by atoms with Crippen LogP contribution >= 0.6 is 0 Å². The van der Waals surface area contributed by atoms with E-state index in [1.54, 1.807) is 11.1 Å². The molecule has 0 unspecified atom stereocenters. The average molecular weight is 541 g/mol. The fourth-order valence-electron chi connectivity index (χ4n) is 5.96. The Balaban J connectivity index is 0.000000182. The Morgan fingerprint density at radius 3 is 1.37 bits per heavy atom. The van der Waals surface area contributed by atoms with Crippen molar-refractivity contribution in [1.82, 2.24) is 4.90 Å². The molecule has 4 aromatic carbocycles. The summed E-state index contributed by atoms with van der Waals surface area (Å²) in [6.07, 6.45) is 3.64. The summed E-state index contributed by atoms with van der Waals surface area (Å²) >= 11 is 0. The first-order valence-corrected chi connectivity index (χ1v) is 14.5. The molecule has 1 fully saturated rings. The van der Waals surface area contributed by atoms with Crippen molar-refractivity contribution in [3.8, 4) is 0 Å². The van der Waals surface area contributed by atoms with Crippen LogP contribution in [0.3, 0.4) is 0 Å². The maximum absolute atomic E-state index is 11.8. The van der Waals surface area contributed by atoms with E-state index in [-0.39, 0.29) is 6.09 Å². The average Bonchev–Trinajstić information content (AvgIpc) is 3.05. The van der Waals surface area contributed by atoms with Crippen molar-refractivity contribution in [3.63, 3.8) is 0 Å². The van der Waals surface area contributed by atoms with E-state index in [2.05, 4.69) is 121 Å². The smallest absolute Gasteiger partial charge is 0.303 e. The Labute approximate surface area is 243 Å². The van der Waals surface area contributed by atoms with Gasteiger partial charge in [-0.1, -0.05) is 121 Å². The Hall–Kier alpha value is -4.64. The number of aromatic nitrogens is 1. The number of hydrogen-bond acceptors (Lipinski definition) is 2. The summed E-state index contributed by atoms with van der Waals surface area (Å²) in [5.74, 6) is 0. The molecule has 4 nitrogen and oxygen atoms in total. The third-order valence-corrected chi connectivity index (χ3v) is 8.01. The van der Waals surface area contributed by atoms with Gasteiger partial charge in [0.25, 0.3) is 0 Å². The van der Waals surface area contributed by atoms with E-state index < -0.39 is 6.15 Å². The number of nitrogens with zero attached hydrogens (tertiary/aromatic N) is 2. The van der Waals surface area contributed by atoms with Crippen LogP contribution < -0.4 is 31.4 Å². The number of pyridine rings is 1. The van der Waals surface area contributed by atoms with Gasteiger partial charge in [-0.15, -0.1) is 0 Å². The predicted octanol–water partition coefficient (Wildman–Crippen LogP) is 4.38. The van der Waals surface area contributed by atoms with Crippen LogP contribution in [0.2, 0.25) is 0 Å². The van der Waals surface area contributed by atoms with E-state index in [1.807, 2.05) is 25.1 Å². The molecule has 206 valence electrons. The lowest BCUT2D eigenvalue weighted by molar-refractivity contribution is -0.873. The number of benzene rings is 4. The lowest BCUT2D eigenvalue weighted by Crippen LogP contribution is -2.74. The number of aryl methyl sites for hydroxylation is 1. The van der Waals surface area contributed by atoms with E-state index in [0.717, 1.165) is 31.6 Å². The van der Waals surface area contributed by atoms with Gasteiger partial charge in [0, 0.05) is 36.9 Å². The van der Waals surface area contributed by atoms with E-state index in [9.17, 15) is 4.79 Å². The monoisotopic (exact) mass is 540 g/mol. The Kier molecular flexibility index (Phi) is 9.28. The van der Waals surface area contributed by atoms with E-state index in [0.29, 0.717) is 0 Å². The highest BCUT2D eigenvalue weighted by Gasteiger charge is 2.31. The minimum absolute atomic E-state index is 0.251. The van der Waals surface area contributed by atoms with Crippen LogP contribution in [0, 0.1) is 6.92 Å². The Morgan fingerprint density at radius 2 is 0.976 bits per heavy atom. The van der Waals surface area contributed by atoms with Crippen LogP contribution in [-0.4, -0.2) is 30.2 Å². The summed E-state index contributed by atoms with van der Waals surface area (Å²) < 4.78 is 1.51. The summed E-state index contributed by atoms with van der Waals surface area (Å²) in [6, 6.07) is 49.2. The van der Waals surface area contributed by atoms with Gasteiger partial charge in [0.1, 0.15) is 6.15 Å². The zero-order valence-electron chi connectivity index (χ0n) is 23.7. The molecule has 1 aliphatic heterocycles. The summed E-state index contributed by atoms with van der Waals surface area (Å²) in [7, 11) is 0. The van der Waals surface area contributed by atoms with Crippen LogP contribution in [0.15, 0.2) is 146 Å². The lowest BCUT2D eigenvalue weighted by Gasteiger charge is -2.44. The number of amides is 1. The molecule has 0 aliphatic carbocycles. The molecule has 0 N–H and O–H groups in total. The third-order valence-electron chi connectivity index (χ3n) is 8.01. The number of hydrogen-bond donors (Lipinski definition) is 0. The minimum atomic E-state index is -1.22. The van der Waals surface area contributed by atoms with Gasteiger partial charge in [0.05, 0.1) is 0 Å². The van der Waals surface area contributed by atoms with Crippen molar-refractivity contribution in [2.75, 3.05) is 13.1 Å². The maximum atomic E-state index is 11.8. The van der Waals surface area contributed by atoms with Gasteiger partial charge >= 0.3 is 6.09 Å². The summed E-state index contributed by atoms with van der Waals surface area (Å²) in [5.41, 5.74) is 6.27. The van der Waals surface area contributed by atoms with Gasteiger partial charge in [0.2, 0.25) is 11.9 Å². The lowest BCUT2D eigenvalue weighted by atomic mass is 9.13. The van der Waals surface area contributed by atoms with Crippen molar-refractivity contribution in [1.29, 1.82) is 0 Å². The predicted molar refractivity (Wildman–Crippen MR) is 169 cm³/mol. The molecule has 0 saturated carbocycles. The van der Waals surface area contributed by atoms with Gasteiger partial charge in [0.15, 0.2) is 0 Å². The summed E-state index contributed by atoms with van der Waals surface area (Å²) in [4.78, 5) is 18.9. The standard InChI is InChI=1S/C24H20B.C12H17N2O2/c1-5-13-21(14-6-1)25(22-15-7-2-8-16-22,23-17-9-3-10-18-23)24-19-11-4-12-20-24;1-11-7-3-6-10-14(11)16-12(15)13-8-4-2-5-9-13/h1-20H;3,6-7,10H,2,4-5,8-9H2,1H3/q-1;+1. The van der Waals surface area contributed by atoms with Crippen molar-refractivity contribution < 1.29 is 14.4 Å². The second-order valence-corrected chi connectivity index (χ2v) is 10.6. The largest absolute Gasteiger partial charge is 0.478 e. The van der Waals surface area contributed by atoms with Crippen molar-refractivity contribution in [2.45, 2.75) is 26.2 Å². The Morgan fingerprint density at radius 1 is 0.585 bits per heavy atom. The quantitative estimate of drug-likeness (QED) is 0.245. The number of carbonyl (C=O) groups is 1. The second-order valence-electron chi connectivity index (χ2n) is 10.6. The maximum Gasteiger partial charge on any atom is 0.478 e. The van der Waals surface area contributed by atoms with E-state index >= 15 is 0 Å². The Bertz CT molecular complexity index is 1340. The number of piperidine rings is 1. The topological polar surface area (TPSA) is 33.4 Å². The summed E-state index contributed by atoms with van der Waals surface area (Å²) in [5, 5.41) is 0. The van der Waals surface area contributed by atoms with Gasteiger partial charge in [-0.05, 0) is 25.3 Å². The van der Waals surface area contributed by atoms with E-state index in [1.165, 1.54) is 33.0 Å². The molecule has 1 aliphatic rings. The second kappa shape index (κ2) is 13.6. The molecule has 1 aromatic heterocycles. The number of likely N-dealkylation sites (tertiary alicyclic amines) is 1. The molecular weight excluding hydrogens is 503 g/mol. The summed E-state index contributed by atoms with van der Waals surface area (Å²) in [6.45, 7) is 3.53. The van der Waals surface area contributed by atoms with Crippen LogP contribution in [0.4, 0.5) is 4.79 Å². The first kappa shape index (κ1) is 27.9. The third kappa shape index (κ3) is 6.41. The van der Waals surface area contributed by atoms with Crippen LogP contribution in [0.25, 0.3) is 0 Å². The molecule has 41 heavy (non-hydrogen) atoms. The zero-order chi connectivity index (χ0) is 28.3. The van der Waals surface area contributed by atoms with Crippen molar-refractivity contribution in [2.24, 2.45) is 0 Å². The van der Waals surface area contributed by atoms with Gasteiger partial charge < -0.3 is 4.90 Å². The molecule has 0 atom stereocenters. The van der Waals surface area contributed by atoms with Gasteiger partial charge in [-0.3, -0.25) is 0 Å². The number of rotatable bonds is 5. The van der Waals surface area contributed by atoms with Gasteiger partial charge in [-0.2, -0.15) is 26.7 Å². The molecule has 1 amide bonds. The first-order chi connectivity index (χ1) is 20.2. The van der Waals surface area contributed by atoms with Crippen molar-refractivity contribution in [3.05, 3.63) is 151 Å². The minimum Gasteiger partial charge on any atom is -0.303 e. The fourth-order valence-corrected chi connectivity index (χ4v) is 5.96. The molecular formula is C36H37BN2O2. The SMILES string of the molecule is Cc1cccc[n+]1OC(=O)N1CCCCC1.c1ccc([B-](c2ccccc2)(c2ccccc2)c2ccccc2)cc1. The van der Waals surface area contributed by atoms with Crippen LogP contribution in [0.5, 0.6) is 0 Å². The molecule has 0 bridgehead atoms. The molecule has 1 saturated heterocycles. The number of carbonyl (C=O) groups excluding carboxylic acids is 1.